The lowest BCUT2D eigenvalue weighted by Gasteiger charge is -2.08. The molecule has 0 aromatic heterocycles. The fraction of sp³-hybridized carbons (Fsp3) is 0.300. The van der Waals surface area contributed by atoms with Gasteiger partial charge in [0, 0.05) is 0 Å². The number of aliphatic carboxylic acids is 1. The lowest BCUT2D eigenvalue weighted by Crippen LogP contribution is -2.08. The molecule has 0 fully saturated rings. The van der Waals surface area contributed by atoms with Crippen molar-refractivity contribution in [3.63, 3.8) is 0 Å². The summed E-state index contributed by atoms with van der Waals surface area (Å²) in [7, 11) is 0. The van der Waals surface area contributed by atoms with Gasteiger partial charge in [-0.3, -0.25) is 4.79 Å². The molecule has 64 valence electrons. The van der Waals surface area contributed by atoms with Gasteiger partial charge in [0.1, 0.15) is 0 Å². The molecule has 2 heteroatoms. The summed E-state index contributed by atoms with van der Waals surface area (Å²) in [5.74, 6) is -1.18. The van der Waals surface area contributed by atoms with Crippen LogP contribution < -0.4 is 0 Å². The highest BCUT2D eigenvalue weighted by Gasteiger charge is 2.14. The number of aryl methyl sites for hydroxylation is 1. The molecule has 0 saturated heterocycles. The first-order valence-electron chi connectivity index (χ1n) is 3.91. The minimum absolute atomic E-state index is 0.411. The largest absolute Gasteiger partial charge is 0.481 e. The van der Waals surface area contributed by atoms with Crippen molar-refractivity contribution in [1.29, 1.82) is 0 Å². The maximum Gasteiger partial charge on any atom is 0.310 e. The number of rotatable bonds is 2. The van der Waals surface area contributed by atoms with Gasteiger partial charge in [0.2, 0.25) is 0 Å². The van der Waals surface area contributed by atoms with Gasteiger partial charge in [0.05, 0.1) is 5.92 Å². The molecule has 0 spiro atoms. The van der Waals surface area contributed by atoms with Crippen LogP contribution in [-0.4, -0.2) is 11.1 Å². The third kappa shape index (κ3) is 1.64. The van der Waals surface area contributed by atoms with Crippen LogP contribution in [0.5, 0.6) is 0 Å². The second-order valence-electron chi connectivity index (χ2n) is 2.92. The molecule has 12 heavy (non-hydrogen) atoms. The van der Waals surface area contributed by atoms with E-state index in [4.69, 9.17) is 5.11 Å². The highest BCUT2D eigenvalue weighted by Crippen LogP contribution is 2.18. The first-order chi connectivity index (χ1) is 5.63. The van der Waals surface area contributed by atoms with Gasteiger partial charge in [-0.25, -0.2) is 0 Å². The van der Waals surface area contributed by atoms with Crippen molar-refractivity contribution >= 4 is 5.97 Å². The number of carbonyl (C=O) groups is 1. The summed E-state index contributed by atoms with van der Waals surface area (Å²) < 4.78 is 0. The molecule has 0 aliphatic carbocycles. The Morgan fingerprint density at radius 2 is 2.00 bits per heavy atom. The average Bonchev–Trinajstić information content (AvgIpc) is 2.04. The number of carboxylic acid groups (broad SMARTS) is 1. The predicted molar refractivity (Wildman–Crippen MR) is 47.2 cm³/mol. The van der Waals surface area contributed by atoms with Crippen LogP contribution in [0, 0.1) is 6.92 Å². The molecule has 1 atom stereocenters. The summed E-state index contributed by atoms with van der Waals surface area (Å²) >= 11 is 0. The van der Waals surface area contributed by atoms with Crippen LogP contribution in [0.1, 0.15) is 24.0 Å². The van der Waals surface area contributed by atoms with Crippen molar-refractivity contribution in [2.45, 2.75) is 19.8 Å². The molecule has 1 N–H and O–H groups in total. The average molecular weight is 164 g/mol. The number of benzene rings is 1. The zero-order valence-electron chi connectivity index (χ0n) is 7.24. The van der Waals surface area contributed by atoms with E-state index in [9.17, 15) is 4.79 Å². The van der Waals surface area contributed by atoms with E-state index in [-0.39, 0.29) is 0 Å². The highest BCUT2D eigenvalue weighted by molar-refractivity contribution is 5.76. The van der Waals surface area contributed by atoms with Crippen molar-refractivity contribution < 1.29 is 9.90 Å². The first kappa shape index (κ1) is 8.78. The SMILES string of the molecule is Cc1ccccc1C(C)C(=O)O. The predicted octanol–water partition coefficient (Wildman–Crippen LogP) is 2.18. The second-order valence-corrected chi connectivity index (χ2v) is 2.92. The summed E-state index contributed by atoms with van der Waals surface area (Å²) in [6, 6.07) is 7.55. The summed E-state index contributed by atoms with van der Waals surface area (Å²) in [5, 5.41) is 8.76. The lowest BCUT2D eigenvalue weighted by atomic mass is 9.97. The normalized spacial score (nSPS) is 12.5. The molecule has 1 aromatic rings. The summed E-state index contributed by atoms with van der Waals surface area (Å²) in [4.78, 5) is 10.7. The van der Waals surface area contributed by atoms with E-state index < -0.39 is 11.9 Å². The lowest BCUT2D eigenvalue weighted by molar-refractivity contribution is -0.138. The third-order valence-corrected chi connectivity index (χ3v) is 2.03. The Morgan fingerprint density at radius 3 is 2.50 bits per heavy atom. The Hall–Kier alpha value is -1.31. The molecule has 0 aliphatic heterocycles. The molecule has 0 aliphatic rings. The maximum absolute atomic E-state index is 10.7. The van der Waals surface area contributed by atoms with Crippen LogP contribution in [0.4, 0.5) is 0 Å². The van der Waals surface area contributed by atoms with E-state index >= 15 is 0 Å². The summed E-state index contributed by atoms with van der Waals surface area (Å²) in [6.07, 6.45) is 0. The van der Waals surface area contributed by atoms with Crippen LogP contribution in [0.2, 0.25) is 0 Å². The number of hydrogen-bond acceptors (Lipinski definition) is 1. The topological polar surface area (TPSA) is 37.3 Å². The molecule has 0 amide bonds. The minimum atomic E-state index is -0.774. The van der Waals surface area contributed by atoms with Gasteiger partial charge >= 0.3 is 5.97 Å². The third-order valence-electron chi connectivity index (χ3n) is 2.03. The van der Waals surface area contributed by atoms with Gasteiger partial charge in [-0.15, -0.1) is 0 Å². The fourth-order valence-corrected chi connectivity index (χ4v) is 1.21. The van der Waals surface area contributed by atoms with Crippen molar-refractivity contribution in [3.8, 4) is 0 Å². The van der Waals surface area contributed by atoms with Crippen LogP contribution in [0.25, 0.3) is 0 Å². The monoisotopic (exact) mass is 164 g/mol. The Morgan fingerprint density at radius 1 is 1.42 bits per heavy atom. The summed E-state index contributed by atoms with van der Waals surface area (Å²) in [5.41, 5.74) is 1.93. The Kier molecular flexibility index (Phi) is 2.48. The molecule has 1 rings (SSSR count). The molecular formula is C10H12O2. The van der Waals surface area contributed by atoms with Crippen LogP contribution in [-0.2, 0) is 4.79 Å². The molecule has 0 saturated carbocycles. The highest BCUT2D eigenvalue weighted by atomic mass is 16.4. The number of carboxylic acids is 1. The molecule has 2 nitrogen and oxygen atoms in total. The van der Waals surface area contributed by atoms with Gasteiger partial charge in [-0.05, 0) is 25.0 Å². The Labute approximate surface area is 71.8 Å². The number of hydrogen-bond donors (Lipinski definition) is 1. The van der Waals surface area contributed by atoms with Gasteiger partial charge in [0.25, 0.3) is 0 Å². The Bertz CT molecular complexity index is 292. The zero-order chi connectivity index (χ0) is 9.14. The second kappa shape index (κ2) is 3.39. The maximum atomic E-state index is 10.7. The van der Waals surface area contributed by atoms with E-state index in [1.165, 1.54) is 0 Å². The molecular weight excluding hydrogens is 152 g/mol. The Balaban J connectivity index is 3.02. The van der Waals surface area contributed by atoms with Crippen molar-refractivity contribution in [1.82, 2.24) is 0 Å². The quantitative estimate of drug-likeness (QED) is 0.727. The zero-order valence-corrected chi connectivity index (χ0v) is 7.24. The van der Waals surface area contributed by atoms with Crippen LogP contribution in [0.15, 0.2) is 24.3 Å². The van der Waals surface area contributed by atoms with Gasteiger partial charge in [-0.1, -0.05) is 24.3 Å². The van der Waals surface area contributed by atoms with Crippen molar-refractivity contribution in [2.75, 3.05) is 0 Å². The first-order valence-corrected chi connectivity index (χ1v) is 3.91. The molecule has 0 radical (unpaired) electrons. The fourth-order valence-electron chi connectivity index (χ4n) is 1.21. The minimum Gasteiger partial charge on any atom is -0.481 e. The van der Waals surface area contributed by atoms with Crippen molar-refractivity contribution in [3.05, 3.63) is 35.4 Å². The van der Waals surface area contributed by atoms with Gasteiger partial charge < -0.3 is 5.11 Å². The molecule has 0 heterocycles. The smallest absolute Gasteiger partial charge is 0.310 e. The van der Waals surface area contributed by atoms with Crippen molar-refractivity contribution in [2.24, 2.45) is 0 Å². The standard InChI is InChI=1S/C10H12O2/c1-7-5-3-4-6-9(7)8(2)10(11)12/h3-6,8H,1-2H3,(H,11,12). The molecule has 1 unspecified atom stereocenters. The molecule has 0 bridgehead atoms. The van der Waals surface area contributed by atoms with Crippen LogP contribution in [0.3, 0.4) is 0 Å². The van der Waals surface area contributed by atoms with E-state index in [0.29, 0.717) is 0 Å². The van der Waals surface area contributed by atoms with Crippen LogP contribution >= 0.6 is 0 Å². The van der Waals surface area contributed by atoms with E-state index in [2.05, 4.69) is 0 Å². The van der Waals surface area contributed by atoms with E-state index in [1.54, 1.807) is 6.92 Å². The van der Waals surface area contributed by atoms with E-state index in [0.717, 1.165) is 11.1 Å². The van der Waals surface area contributed by atoms with Gasteiger partial charge in [-0.2, -0.15) is 0 Å². The summed E-state index contributed by atoms with van der Waals surface area (Å²) in [6.45, 7) is 3.62. The van der Waals surface area contributed by atoms with Gasteiger partial charge in [0.15, 0.2) is 0 Å². The molecule has 1 aromatic carbocycles. The van der Waals surface area contributed by atoms with E-state index in [1.807, 2.05) is 31.2 Å².